The van der Waals surface area contributed by atoms with Gasteiger partial charge in [0.05, 0.1) is 7.11 Å². The van der Waals surface area contributed by atoms with Gasteiger partial charge in [0.1, 0.15) is 5.82 Å². The van der Waals surface area contributed by atoms with E-state index >= 15 is 0 Å². The molecule has 0 saturated heterocycles. The molecule has 2 N–H and O–H groups in total. The lowest BCUT2D eigenvalue weighted by Gasteiger charge is -2.17. The normalized spacial score (nSPS) is 12.3. The maximum atomic E-state index is 13.2. The zero-order valence-corrected chi connectivity index (χ0v) is 11.1. The Morgan fingerprint density at radius 1 is 1.39 bits per heavy atom. The standard InChI is InChI=1S/C14H20FNO2/c1-9-7-11(15)8-10(2)14(9)12(16)5-4-6-13(17)18-3/h7-8,12H,4-6,16H2,1-3H3. The lowest BCUT2D eigenvalue weighted by molar-refractivity contribution is -0.140. The number of halogens is 1. The van der Waals surface area contributed by atoms with Crippen molar-refractivity contribution in [2.45, 2.75) is 39.2 Å². The minimum atomic E-state index is -0.240. The molecule has 1 unspecified atom stereocenters. The Labute approximate surface area is 107 Å². The zero-order valence-electron chi connectivity index (χ0n) is 11.1. The van der Waals surface area contributed by atoms with Crippen LogP contribution in [-0.2, 0) is 9.53 Å². The second-order valence-electron chi connectivity index (χ2n) is 4.53. The van der Waals surface area contributed by atoms with Crippen molar-refractivity contribution < 1.29 is 13.9 Å². The Bertz CT molecular complexity index is 409. The molecule has 1 aromatic rings. The Morgan fingerprint density at radius 3 is 2.44 bits per heavy atom. The third-order valence-corrected chi connectivity index (χ3v) is 3.05. The topological polar surface area (TPSA) is 52.3 Å². The summed E-state index contributed by atoms with van der Waals surface area (Å²) < 4.78 is 17.7. The minimum Gasteiger partial charge on any atom is -0.469 e. The molecule has 0 heterocycles. The fourth-order valence-corrected chi connectivity index (χ4v) is 2.22. The first kappa shape index (κ1) is 14.6. The van der Waals surface area contributed by atoms with E-state index in [2.05, 4.69) is 4.74 Å². The largest absolute Gasteiger partial charge is 0.469 e. The molecule has 0 aliphatic rings. The number of aryl methyl sites for hydroxylation is 2. The number of carbonyl (C=O) groups excluding carboxylic acids is 1. The minimum absolute atomic E-state index is 0.171. The predicted molar refractivity (Wildman–Crippen MR) is 68.7 cm³/mol. The molecular formula is C14H20FNO2. The number of rotatable bonds is 5. The summed E-state index contributed by atoms with van der Waals surface area (Å²) in [5.74, 6) is -0.467. The molecule has 1 rings (SSSR count). The summed E-state index contributed by atoms with van der Waals surface area (Å²) in [5, 5.41) is 0. The Hall–Kier alpha value is -1.42. The molecule has 0 aliphatic carbocycles. The van der Waals surface area contributed by atoms with E-state index in [0.29, 0.717) is 19.3 Å². The van der Waals surface area contributed by atoms with Crippen LogP contribution in [0.25, 0.3) is 0 Å². The average Bonchev–Trinajstić information content (AvgIpc) is 2.27. The van der Waals surface area contributed by atoms with Gasteiger partial charge in [-0.2, -0.15) is 0 Å². The monoisotopic (exact) mass is 253 g/mol. The summed E-state index contributed by atoms with van der Waals surface area (Å²) >= 11 is 0. The molecule has 0 bridgehead atoms. The van der Waals surface area contributed by atoms with E-state index in [1.54, 1.807) is 0 Å². The van der Waals surface area contributed by atoms with E-state index in [1.165, 1.54) is 19.2 Å². The van der Waals surface area contributed by atoms with Gasteiger partial charge in [0, 0.05) is 12.5 Å². The van der Waals surface area contributed by atoms with Crippen LogP contribution < -0.4 is 5.73 Å². The van der Waals surface area contributed by atoms with E-state index in [-0.39, 0.29) is 17.8 Å². The maximum absolute atomic E-state index is 13.2. The predicted octanol–water partition coefficient (Wildman–Crippen LogP) is 2.79. The number of carbonyl (C=O) groups is 1. The number of esters is 1. The molecule has 1 atom stereocenters. The van der Waals surface area contributed by atoms with Crippen LogP contribution in [0.3, 0.4) is 0 Å². The van der Waals surface area contributed by atoms with Crippen LogP contribution in [0.5, 0.6) is 0 Å². The molecule has 4 heteroatoms. The van der Waals surface area contributed by atoms with Crippen molar-refractivity contribution >= 4 is 5.97 Å². The van der Waals surface area contributed by atoms with Gasteiger partial charge >= 0.3 is 5.97 Å². The van der Waals surface area contributed by atoms with Crippen LogP contribution in [0, 0.1) is 19.7 Å². The van der Waals surface area contributed by atoms with Crippen molar-refractivity contribution in [3.63, 3.8) is 0 Å². The second-order valence-corrected chi connectivity index (χ2v) is 4.53. The summed E-state index contributed by atoms with van der Waals surface area (Å²) in [5.41, 5.74) is 8.79. The highest BCUT2D eigenvalue weighted by Crippen LogP contribution is 2.25. The Morgan fingerprint density at radius 2 is 1.94 bits per heavy atom. The van der Waals surface area contributed by atoms with Gasteiger partial charge in [0.2, 0.25) is 0 Å². The average molecular weight is 253 g/mol. The van der Waals surface area contributed by atoms with Crippen LogP contribution in [0.2, 0.25) is 0 Å². The van der Waals surface area contributed by atoms with E-state index < -0.39 is 0 Å². The first-order valence-corrected chi connectivity index (χ1v) is 6.04. The van der Waals surface area contributed by atoms with Crippen LogP contribution in [-0.4, -0.2) is 13.1 Å². The SMILES string of the molecule is COC(=O)CCCC(N)c1c(C)cc(F)cc1C. The van der Waals surface area contributed by atoms with Crippen molar-refractivity contribution in [2.75, 3.05) is 7.11 Å². The number of hydrogen-bond donors (Lipinski definition) is 1. The molecule has 1 aromatic carbocycles. The molecular weight excluding hydrogens is 233 g/mol. The van der Waals surface area contributed by atoms with Crippen molar-refractivity contribution in [3.05, 3.63) is 34.6 Å². The number of methoxy groups -OCH3 is 1. The van der Waals surface area contributed by atoms with E-state index in [4.69, 9.17) is 5.73 Å². The first-order valence-electron chi connectivity index (χ1n) is 6.04. The van der Waals surface area contributed by atoms with Crippen LogP contribution in [0.15, 0.2) is 12.1 Å². The number of benzene rings is 1. The summed E-state index contributed by atoms with van der Waals surface area (Å²) in [6.07, 6.45) is 1.72. The zero-order chi connectivity index (χ0) is 13.7. The molecule has 0 aliphatic heterocycles. The third-order valence-electron chi connectivity index (χ3n) is 3.05. The lowest BCUT2D eigenvalue weighted by atomic mass is 9.93. The van der Waals surface area contributed by atoms with E-state index in [0.717, 1.165) is 16.7 Å². The van der Waals surface area contributed by atoms with Crippen molar-refractivity contribution in [1.82, 2.24) is 0 Å². The summed E-state index contributed by atoms with van der Waals surface area (Å²) in [6, 6.07) is 2.81. The number of nitrogens with two attached hydrogens (primary N) is 1. The summed E-state index contributed by atoms with van der Waals surface area (Å²) in [7, 11) is 1.37. The number of ether oxygens (including phenoxy) is 1. The molecule has 100 valence electrons. The van der Waals surface area contributed by atoms with E-state index in [1.807, 2.05) is 13.8 Å². The van der Waals surface area contributed by atoms with Crippen molar-refractivity contribution in [1.29, 1.82) is 0 Å². The fourth-order valence-electron chi connectivity index (χ4n) is 2.22. The molecule has 18 heavy (non-hydrogen) atoms. The maximum Gasteiger partial charge on any atom is 0.305 e. The Kier molecular flexibility index (Phi) is 5.28. The van der Waals surface area contributed by atoms with Gasteiger partial charge < -0.3 is 10.5 Å². The van der Waals surface area contributed by atoms with Crippen molar-refractivity contribution in [3.8, 4) is 0 Å². The number of hydrogen-bond acceptors (Lipinski definition) is 3. The molecule has 0 saturated carbocycles. The molecule has 0 aromatic heterocycles. The molecule has 0 spiro atoms. The van der Waals surface area contributed by atoms with E-state index in [9.17, 15) is 9.18 Å². The highest BCUT2D eigenvalue weighted by Gasteiger charge is 2.13. The quantitative estimate of drug-likeness (QED) is 0.821. The molecule has 0 amide bonds. The van der Waals surface area contributed by atoms with Gasteiger partial charge in [-0.15, -0.1) is 0 Å². The summed E-state index contributed by atoms with van der Waals surface area (Å²) in [6.45, 7) is 3.71. The van der Waals surface area contributed by atoms with Gasteiger partial charge in [-0.3, -0.25) is 4.79 Å². The fraction of sp³-hybridized carbons (Fsp3) is 0.500. The molecule has 3 nitrogen and oxygen atoms in total. The Balaban J connectivity index is 2.67. The summed E-state index contributed by atoms with van der Waals surface area (Å²) in [4.78, 5) is 11.0. The van der Waals surface area contributed by atoms with Gasteiger partial charge in [-0.05, 0) is 55.5 Å². The van der Waals surface area contributed by atoms with Gasteiger partial charge in [-0.1, -0.05) is 0 Å². The van der Waals surface area contributed by atoms with Gasteiger partial charge in [0.25, 0.3) is 0 Å². The van der Waals surface area contributed by atoms with Crippen LogP contribution in [0.1, 0.15) is 42.0 Å². The smallest absolute Gasteiger partial charge is 0.305 e. The van der Waals surface area contributed by atoms with Crippen LogP contribution >= 0.6 is 0 Å². The van der Waals surface area contributed by atoms with Crippen LogP contribution in [0.4, 0.5) is 4.39 Å². The van der Waals surface area contributed by atoms with Gasteiger partial charge in [0.15, 0.2) is 0 Å². The first-order chi connectivity index (χ1) is 8.45. The lowest BCUT2D eigenvalue weighted by Crippen LogP contribution is -2.14. The third kappa shape index (κ3) is 3.81. The second kappa shape index (κ2) is 6.50. The van der Waals surface area contributed by atoms with Crippen molar-refractivity contribution in [2.24, 2.45) is 5.73 Å². The van der Waals surface area contributed by atoms with Gasteiger partial charge in [-0.25, -0.2) is 4.39 Å². The molecule has 0 fully saturated rings. The highest BCUT2D eigenvalue weighted by molar-refractivity contribution is 5.69. The highest BCUT2D eigenvalue weighted by atomic mass is 19.1. The molecule has 0 radical (unpaired) electrons.